The standard InChI is InChI=1S/C21H23ClN4O/c1-21(27,19-11-23-7-8-24-19)12-26-16-5-3-13(22)9-15(16)20-17-6-4-14(25(17)2)10-18(20)26/h3,5,7-9,11,14,17,27H,4,6,10,12H2,1-2H3. The van der Waals surface area contributed by atoms with Gasteiger partial charge in [0.05, 0.1) is 18.4 Å². The first-order valence-corrected chi connectivity index (χ1v) is 9.85. The molecule has 4 heterocycles. The number of hydrogen-bond donors (Lipinski definition) is 1. The molecule has 0 radical (unpaired) electrons. The smallest absolute Gasteiger partial charge is 0.123 e. The normalized spacial score (nSPS) is 24.1. The second-order valence-electron chi connectivity index (χ2n) is 8.09. The molecular formula is C21H23ClN4O. The monoisotopic (exact) mass is 382 g/mol. The van der Waals surface area contributed by atoms with Gasteiger partial charge in [-0.05, 0) is 50.6 Å². The van der Waals surface area contributed by atoms with Crippen LogP contribution in [-0.4, -0.2) is 37.6 Å². The minimum Gasteiger partial charge on any atom is -0.382 e. The largest absolute Gasteiger partial charge is 0.382 e. The van der Waals surface area contributed by atoms with Gasteiger partial charge in [-0.2, -0.15) is 0 Å². The first-order valence-electron chi connectivity index (χ1n) is 9.47. The van der Waals surface area contributed by atoms with Gasteiger partial charge >= 0.3 is 0 Å². The lowest BCUT2D eigenvalue weighted by Crippen LogP contribution is -2.36. The van der Waals surface area contributed by atoms with Crippen molar-refractivity contribution in [2.75, 3.05) is 7.05 Å². The van der Waals surface area contributed by atoms with Crippen molar-refractivity contribution in [3.05, 3.63) is 58.8 Å². The molecule has 5 nitrogen and oxygen atoms in total. The van der Waals surface area contributed by atoms with E-state index in [9.17, 15) is 5.11 Å². The molecule has 5 rings (SSSR count). The van der Waals surface area contributed by atoms with Gasteiger partial charge in [-0.15, -0.1) is 0 Å². The molecule has 2 aliphatic rings. The van der Waals surface area contributed by atoms with E-state index in [4.69, 9.17) is 11.6 Å². The van der Waals surface area contributed by atoms with E-state index in [-0.39, 0.29) is 0 Å². The van der Waals surface area contributed by atoms with Crippen LogP contribution < -0.4 is 0 Å². The SMILES string of the molecule is CN1C2CCC1c1c(n(CC(C)(O)c3cnccn3)c3ccc(Cl)cc13)C2. The summed E-state index contributed by atoms with van der Waals surface area (Å²) in [6.45, 7) is 2.26. The van der Waals surface area contributed by atoms with Gasteiger partial charge < -0.3 is 9.67 Å². The highest BCUT2D eigenvalue weighted by Gasteiger charge is 2.41. The third-order valence-corrected chi connectivity index (χ3v) is 6.60. The van der Waals surface area contributed by atoms with Crippen LogP contribution in [0.4, 0.5) is 0 Å². The van der Waals surface area contributed by atoms with Gasteiger partial charge in [-0.25, -0.2) is 0 Å². The molecule has 0 aliphatic carbocycles. The van der Waals surface area contributed by atoms with Gasteiger partial charge in [0.2, 0.25) is 0 Å². The first-order chi connectivity index (χ1) is 13.0. The highest BCUT2D eigenvalue weighted by atomic mass is 35.5. The summed E-state index contributed by atoms with van der Waals surface area (Å²) < 4.78 is 2.29. The van der Waals surface area contributed by atoms with Crippen molar-refractivity contribution in [2.24, 2.45) is 0 Å². The Bertz CT molecular complexity index is 1010. The number of benzene rings is 1. The summed E-state index contributed by atoms with van der Waals surface area (Å²) in [5, 5.41) is 13.2. The number of fused-ring (bicyclic) bond motifs is 6. The van der Waals surface area contributed by atoms with Crippen molar-refractivity contribution in [1.29, 1.82) is 0 Å². The second-order valence-corrected chi connectivity index (χ2v) is 8.53. The Balaban J connectivity index is 1.69. The summed E-state index contributed by atoms with van der Waals surface area (Å²) in [5.74, 6) is 0. The van der Waals surface area contributed by atoms with Crippen molar-refractivity contribution < 1.29 is 5.11 Å². The third-order valence-electron chi connectivity index (χ3n) is 6.36. The zero-order chi connectivity index (χ0) is 18.8. The zero-order valence-corrected chi connectivity index (χ0v) is 16.3. The van der Waals surface area contributed by atoms with E-state index < -0.39 is 5.60 Å². The van der Waals surface area contributed by atoms with Crippen LogP contribution in [-0.2, 0) is 18.6 Å². The van der Waals surface area contributed by atoms with Crippen LogP contribution in [0, 0.1) is 0 Å². The van der Waals surface area contributed by atoms with Crippen LogP contribution in [0.3, 0.4) is 0 Å². The molecule has 0 saturated carbocycles. The number of halogens is 1. The number of aliphatic hydroxyl groups is 1. The highest BCUT2D eigenvalue weighted by molar-refractivity contribution is 6.31. The average Bonchev–Trinajstić information content (AvgIpc) is 3.06. The fourth-order valence-corrected chi connectivity index (χ4v) is 5.15. The Morgan fingerprint density at radius 3 is 2.93 bits per heavy atom. The Labute approximate surface area is 163 Å². The molecule has 3 unspecified atom stereocenters. The van der Waals surface area contributed by atoms with Gasteiger partial charge in [0.25, 0.3) is 0 Å². The predicted octanol–water partition coefficient (Wildman–Crippen LogP) is 3.68. The Morgan fingerprint density at radius 2 is 2.15 bits per heavy atom. The molecule has 2 aromatic heterocycles. The van der Waals surface area contributed by atoms with Crippen molar-refractivity contribution in [3.8, 4) is 0 Å². The summed E-state index contributed by atoms with van der Waals surface area (Å²) in [4.78, 5) is 11.0. The topological polar surface area (TPSA) is 54.2 Å². The molecular weight excluding hydrogens is 360 g/mol. The maximum absolute atomic E-state index is 11.2. The van der Waals surface area contributed by atoms with Crippen LogP contribution in [0.5, 0.6) is 0 Å². The van der Waals surface area contributed by atoms with E-state index in [2.05, 4.69) is 38.6 Å². The summed E-state index contributed by atoms with van der Waals surface area (Å²) >= 11 is 6.35. The molecule has 27 heavy (non-hydrogen) atoms. The van der Waals surface area contributed by atoms with Crippen LogP contribution in [0.1, 0.15) is 42.8 Å². The lowest BCUT2D eigenvalue weighted by Gasteiger charge is -2.33. The molecule has 1 saturated heterocycles. The van der Waals surface area contributed by atoms with Crippen molar-refractivity contribution in [2.45, 2.75) is 50.4 Å². The van der Waals surface area contributed by atoms with Crippen molar-refractivity contribution in [3.63, 3.8) is 0 Å². The first kappa shape index (κ1) is 17.2. The lowest BCUT2D eigenvalue weighted by molar-refractivity contribution is 0.0334. The van der Waals surface area contributed by atoms with Gasteiger partial charge in [0, 0.05) is 52.5 Å². The van der Waals surface area contributed by atoms with Gasteiger partial charge in [-0.1, -0.05) is 11.6 Å². The number of nitrogens with zero attached hydrogens (tertiary/aromatic N) is 4. The Morgan fingerprint density at radius 1 is 1.30 bits per heavy atom. The highest BCUT2D eigenvalue weighted by Crippen LogP contribution is 2.47. The Kier molecular flexibility index (Phi) is 3.83. The predicted molar refractivity (Wildman–Crippen MR) is 106 cm³/mol. The van der Waals surface area contributed by atoms with E-state index in [1.54, 1.807) is 18.6 Å². The molecule has 3 atom stereocenters. The Hall–Kier alpha value is -1.95. The number of aromatic nitrogens is 3. The zero-order valence-electron chi connectivity index (χ0n) is 15.6. The molecule has 1 fully saturated rings. The van der Waals surface area contributed by atoms with Crippen LogP contribution in [0.2, 0.25) is 5.02 Å². The molecule has 2 bridgehead atoms. The maximum atomic E-state index is 11.2. The molecule has 2 aliphatic heterocycles. The van der Waals surface area contributed by atoms with Crippen molar-refractivity contribution >= 4 is 22.5 Å². The van der Waals surface area contributed by atoms with Crippen LogP contribution in [0.15, 0.2) is 36.8 Å². The van der Waals surface area contributed by atoms with Crippen molar-refractivity contribution in [1.82, 2.24) is 19.4 Å². The second kappa shape index (κ2) is 6.03. The third kappa shape index (κ3) is 2.60. The minimum atomic E-state index is -1.10. The molecule has 140 valence electrons. The quantitative estimate of drug-likeness (QED) is 0.750. The minimum absolute atomic E-state index is 0.433. The number of likely N-dealkylation sites (N-methyl/N-ethyl adjacent to an activating group) is 1. The number of rotatable bonds is 3. The van der Waals surface area contributed by atoms with Crippen LogP contribution >= 0.6 is 11.6 Å². The van der Waals surface area contributed by atoms with Gasteiger partial charge in [0.15, 0.2) is 0 Å². The molecule has 0 amide bonds. The van der Waals surface area contributed by atoms with Gasteiger partial charge in [0.1, 0.15) is 5.60 Å². The molecule has 3 aromatic rings. The summed E-state index contributed by atoms with van der Waals surface area (Å²) in [6, 6.07) is 7.10. The molecule has 6 heteroatoms. The van der Waals surface area contributed by atoms with E-state index in [1.807, 2.05) is 13.0 Å². The summed E-state index contributed by atoms with van der Waals surface area (Å²) in [7, 11) is 2.23. The fraction of sp³-hybridized carbons (Fsp3) is 0.429. The molecule has 1 N–H and O–H groups in total. The maximum Gasteiger partial charge on any atom is 0.123 e. The van der Waals surface area contributed by atoms with Gasteiger partial charge in [-0.3, -0.25) is 14.9 Å². The van der Waals surface area contributed by atoms with E-state index in [1.165, 1.54) is 29.5 Å². The fourth-order valence-electron chi connectivity index (χ4n) is 4.97. The molecule has 0 spiro atoms. The van der Waals surface area contributed by atoms with Crippen LogP contribution in [0.25, 0.3) is 10.9 Å². The lowest BCUT2D eigenvalue weighted by atomic mass is 9.97. The van der Waals surface area contributed by atoms with E-state index >= 15 is 0 Å². The summed E-state index contributed by atoms with van der Waals surface area (Å²) in [5.41, 5.74) is 3.34. The van der Waals surface area contributed by atoms with E-state index in [0.29, 0.717) is 24.3 Å². The summed E-state index contributed by atoms with van der Waals surface area (Å²) in [6.07, 6.45) is 8.31. The van der Waals surface area contributed by atoms with E-state index in [0.717, 1.165) is 17.0 Å². The number of hydrogen-bond acceptors (Lipinski definition) is 4. The average molecular weight is 383 g/mol. The molecule has 1 aromatic carbocycles.